The third kappa shape index (κ3) is 10.3. The van der Waals surface area contributed by atoms with E-state index in [-0.39, 0.29) is 66.2 Å². The van der Waals surface area contributed by atoms with E-state index >= 15 is 0 Å². The Balaban J connectivity index is 1.25. The molecule has 340 valence electrons. The van der Waals surface area contributed by atoms with Crippen molar-refractivity contribution in [2.45, 2.75) is 27.7 Å². The molecule has 1 aromatic heterocycles. The van der Waals surface area contributed by atoms with Crippen molar-refractivity contribution in [3.63, 3.8) is 0 Å². The average Bonchev–Trinajstić information content (AvgIpc) is 4.04. The number of thioether (sulfide) groups is 1. The summed E-state index contributed by atoms with van der Waals surface area (Å²) in [5, 5.41) is 15.4. The van der Waals surface area contributed by atoms with Crippen molar-refractivity contribution in [2.75, 3.05) is 4.90 Å². The maximum atomic E-state index is 14.3. The van der Waals surface area contributed by atoms with Gasteiger partial charge in [0.15, 0.2) is 0 Å². The van der Waals surface area contributed by atoms with E-state index in [2.05, 4.69) is 26.3 Å². The van der Waals surface area contributed by atoms with Crippen LogP contribution in [-0.2, 0) is 28.8 Å². The minimum atomic E-state index is -0.955. The van der Waals surface area contributed by atoms with E-state index in [1.165, 1.54) is 27.7 Å². The number of thiophene rings is 1. The molecule has 0 spiro atoms. The summed E-state index contributed by atoms with van der Waals surface area (Å²) in [7, 11) is 0. The molecular formula is C53H40N2O11S2. The minimum Gasteiger partial charge on any atom is -0.871 e. The molecule has 15 heteroatoms. The van der Waals surface area contributed by atoms with Gasteiger partial charge in [-0.05, 0) is 130 Å². The van der Waals surface area contributed by atoms with Crippen molar-refractivity contribution >= 4 is 96.9 Å². The van der Waals surface area contributed by atoms with Crippen molar-refractivity contribution in [2.24, 2.45) is 0 Å². The number of ketones is 2. The zero-order valence-electron chi connectivity index (χ0n) is 37.1. The van der Waals surface area contributed by atoms with Crippen LogP contribution in [0.25, 0.3) is 5.57 Å². The monoisotopic (exact) mass is 944 g/mol. The lowest BCUT2D eigenvalue weighted by Crippen LogP contribution is -2.13. The lowest BCUT2D eigenvalue weighted by atomic mass is 10.1. The number of nitrogens with zero attached hydrogens (tertiary/aromatic N) is 2. The normalized spacial score (nSPS) is 14.1. The number of anilines is 3. The van der Waals surface area contributed by atoms with Gasteiger partial charge in [-0.1, -0.05) is 32.1 Å². The van der Waals surface area contributed by atoms with Crippen molar-refractivity contribution in [3.8, 4) is 23.0 Å². The molecule has 0 amide bonds. The molecule has 0 N–H and O–H groups in total. The molecule has 7 rings (SSSR count). The Morgan fingerprint density at radius 3 is 1.26 bits per heavy atom. The molecule has 2 heterocycles. The van der Waals surface area contributed by atoms with Crippen LogP contribution in [-0.4, -0.2) is 40.5 Å². The Morgan fingerprint density at radius 2 is 0.882 bits per heavy atom. The number of carbonyl (C=O) groups excluding carboxylic acids is 6. The maximum absolute atomic E-state index is 14.3. The Morgan fingerprint density at radius 1 is 0.515 bits per heavy atom. The van der Waals surface area contributed by atoms with Gasteiger partial charge in [0.05, 0.1) is 0 Å². The summed E-state index contributed by atoms with van der Waals surface area (Å²) in [4.78, 5) is 78.8. The summed E-state index contributed by atoms with van der Waals surface area (Å²) in [5.41, 5.74) is 2.72. The number of ether oxygens (including phenoxy) is 4. The summed E-state index contributed by atoms with van der Waals surface area (Å²) < 4.78 is 23.4. The van der Waals surface area contributed by atoms with E-state index in [9.17, 15) is 33.9 Å². The highest BCUT2D eigenvalue weighted by Gasteiger charge is 2.37. The first kappa shape index (κ1) is 47.6. The van der Waals surface area contributed by atoms with Crippen LogP contribution >= 0.6 is 23.1 Å². The lowest BCUT2D eigenvalue weighted by molar-refractivity contribution is -0.294. The van der Waals surface area contributed by atoms with Crippen LogP contribution in [0.3, 0.4) is 0 Å². The largest absolute Gasteiger partial charge is 0.871 e. The Labute approximate surface area is 399 Å². The van der Waals surface area contributed by atoms with Gasteiger partial charge in [-0.2, -0.15) is 0 Å². The second-order valence-electron chi connectivity index (χ2n) is 15.3. The van der Waals surface area contributed by atoms with Crippen LogP contribution < -0.4 is 33.5 Å². The van der Waals surface area contributed by atoms with Gasteiger partial charge in [0.2, 0.25) is 22.9 Å². The predicted octanol–water partition coefficient (Wildman–Crippen LogP) is 9.86. The molecule has 0 saturated heterocycles. The molecule has 0 saturated carbocycles. The average molecular weight is 945 g/mol. The quantitative estimate of drug-likeness (QED) is 0.0339. The fourth-order valence-electron chi connectivity index (χ4n) is 6.41. The molecule has 0 radical (unpaired) electrons. The predicted molar refractivity (Wildman–Crippen MR) is 261 cm³/mol. The third-order valence-corrected chi connectivity index (χ3v) is 12.0. The van der Waals surface area contributed by atoms with Crippen LogP contribution in [0.2, 0.25) is 0 Å². The smallest absolute Gasteiger partial charge is 0.338 e. The molecule has 5 aromatic rings. The maximum Gasteiger partial charge on any atom is 0.338 e. The summed E-state index contributed by atoms with van der Waals surface area (Å²) in [5.74, 6) is -3.92. The lowest BCUT2D eigenvalue weighted by Gasteiger charge is -2.24. The SMILES string of the molecule is C=C(C)C(=O)Oc1ccc(N(c2ccc(OC(=O)C(=C)C)cc2)c2ccc(C3=C([O-])/C(=C4\C=CC(=[N+](c5ccc(OC(=O)C(=C)C)cc5)c5ccc(OC(=O)C(=C)C)cc5)S4)C(=O)C3=O)s2)cc1. The molecule has 68 heavy (non-hydrogen) atoms. The van der Waals surface area contributed by atoms with Crippen LogP contribution in [0.15, 0.2) is 186 Å². The molecule has 0 bridgehead atoms. The number of allylic oxidation sites excluding steroid dienone is 3. The molecule has 2 aliphatic rings. The topological polar surface area (TPSA) is 169 Å². The summed E-state index contributed by atoms with van der Waals surface area (Å²) in [6, 6.07) is 29.8. The van der Waals surface area contributed by atoms with Gasteiger partial charge in [0, 0.05) is 84.9 Å². The van der Waals surface area contributed by atoms with Gasteiger partial charge in [0.25, 0.3) is 5.04 Å². The zero-order valence-corrected chi connectivity index (χ0v) is 38.7. The number of hydrogen-bond acceptors (Lipinski definition) is 14. The second-order valence-corrected chi connectivity index (χ2v) is 17.5. The molecule has 13 nitrogen and oxygen atoms in total. The van der Waals surface area contributed by atoms with Crippen LogP contribution in [0.1, 0.15) is 32.6 Å². The van der Waals surface area contributed by atoms with Gasteiger partial charge in [-0.3, -0.25) is 9.59 Å². The number of Topliss-reactive ketones (excluding diaryl/α,β-unsaturated/α-hetero) is 2. The molecule has 0 unspecified atom stereocenters. The standard InChI is InChI=1S/C53H40N2O11S2/c1-29(2)50(59)63-37-17-9-33(10-18-37)54(34-11-19-38(20-12-34)64-51(60)30(3)4)43-27-25-41(67-43)45-47(56)46(49(58)48(45)57)42-26-28-44(68-42)55(35-13-21-39(22-14-35)65-52(61)31(5)6)36-15-23-40(24-16-36)66-53(62)32(7)8/h9-28H,1,3,5,7H2,2,4,6,8H3. The number of benzene rings is 4. The van der Waals surface area contributed by atoms with Crippen molar-refractivity contribution in [1.82, 2.24) is 4.58 Å². The highest BCUT2D eigenvalue weighted by Crippen LogP contribution is 2.45. The molecule has 1 aliphatic heterocycles. The second kappa shape index (κ2) is 20.0. The first-order valence-corrected chi connectivity index (χ1v) is 22.1. The van der Waals surface area contributed by atoms with E-state index in [1.54, 1.807) is 121 Å². The number of hydrogen-bond donors (Lipinski definition) is 0. The molecule has 1 aliphatic carbocycles. The fourth-order valence-corrected chi connectivity index (χ4v) is 8.58. The Bertz CT molecular complexity index is 2990. The van der Waals surface area contributed by atoms with Crippen molar-refractivity contribution in [1.29, 1.82) is 0 Å². The van der Waals surface area contributed by atoms with Crippen molar-refractivity contribution < 1.29 is 52.8 Å². The molecule has 0 fully saturated rings. The first-order valence-electron chi connectivity index (χ1n) is 20.5. The van der Waals surface area contributed by atoms with Gasteiger partial charge in [-0.25, -0.2) is 19.2 Å². The Hall–Kier alpha value is -8.40. The van der Waals surface area contributed by atoms with Gasteiger partial charge in [-0.15, -0.1) is 15.9 Å². The molecule has 0 atom stereocenters. The van der Waals surface area contributed by atoms with E-state index in [0.29, 0.717) is 32.8 Å². The zero-order chi connectivity index (χ0) is 49.0. The number of rotatable bonds is 14. The highest BCUT2D eigenvalue weighted by atomic mass is 32.2. The summed E-state index contributed by atoms with van der Waals surface area (Å²) in [6.45, 7) is 20.6. The number of esters is 4. The van der Waals surface area contributed by atoms with Crippen LogP contribution in [0.4, 0.5) is 27.8 Å². The highest BCUT2D eigenvalue weighted by molar-refractivity contribution is 8.18. The third-order valence-electron chi connectivity index (χ3n) is 9.85. The minimum absolute atomic E-state index is 0.225. The van der Waals surface area contributed by atoms with Gasteiger partial charge < -0.3 is 29.0 Å². The first-order chi connectivity index (χ1) is 32.4. The Kier molecular flexibility index (Phi) is 14.0. The van der Waals surface area contributed by atoms with E-state index in [1.807, 2.05) is 9.48 Å². The van der Waals surface area contributed by atoms with E-state index in [4.69, 9.17) is 18.9 Å². The van der Waals surface area contributed by atoms with E-state index in [0.717, 1.165) is 23.1 Å². The summed E-state index contributed by atoms with van der Waals surface area (Å²) in [6.07, 6.45) is 3.30. The van der Waals surface area contributed by atoms with Crippen LogP contribution in [0.5, 0.6) is 23.0 Å². The molecule has 4 aromatic carbocycles. The summed E-state index contributed by atoms with van der Waals surface area (Å²) >= 11 is 2.20. The van der Waals surface area contributed by atoms with Gasteiger partial charge in [0.1, 0.15) is 28.0 Å². The molecular weight excluding hydrogens is 905 g/mol. The number of carbonyl (C=O) groups is 6. The van der Waals surface area contributed by atoms with Gasteiger partial charge >= 0.3 is 23.9 Å². The fraction of sp³-hybridized carbons (Fsp3) is 0.0755. The van der Waals surface area contributed by atoms with E-state index < -0.39 is 41.2 Å². The van der Waals surface area contributed by atoms with Crippen LogP contribution in [0, 0.1) is 0 Å². The van der Waals surface area contributed by atoms with Crippen molar-refractivity contribution in [3.05, 3.63) is 191 Å².